The summed E-state index contributed by atoms with van der Waals surface area (Å²) in [6.45, 7) is 7.89. The second-order valence-corrected chi connectivity index (χ2v) is 7.94. The van der Waals surface area contributed by atoms with Crippen LogP contribution in [0.2, 0.25) is 0 Å². The molecule has 0 bridgehead atoms. The zero-order chi connectivity index (χ0) is 16.3. The molecule has 1 rings (SSSR count). The van der Waals surface area contributed by atoms with Gasteiger partial charge in [-0.05, 0) is 32.1 Å². The van der Waals surface area contributed by atoms with Crippen molar-refractivity contribution in [2.24, 2.45) is 10.9 Å². The van der Waals surface area contributed by atoms with Crippen molar-refractivity contribution in [1.82, 2.24) is 10.6 Å². The maximum atomic E-state index is 11.5. The van der Waals surface area contributed by atoms with Gasteiger partial charge in [0.1, 0.15) is 0 Å². The lowest BCUT2D eigenvalue weighted by Gasteiger charge is -2.13. The van der Waals surface area contributed by atoms with Gasteiger partial charge < -0.3 is 15.4 Å². The van der Waals surface area contributed by atoms with E-state index in [0.717, 1.165) is 57.9 Å². The zero-order valence-electron chi connectivity index (χ0n) is 13.9. The molecule has 1 aliphatic rings. The molecule has 22 heavy (non-hydrogen) atoms. The number of hydrogen-bond acceptors (Lipinski definition) is 4. The molecule has 1 atom stereocenters. The first-order chi connectivity index (χ1) is 10.6. The maximum absolute atomic E-state index is 11.5. The number of aliphatic imine (C=N–C) groups is 1. The molecule has 0 aromatic rings. The summed E-state index contributed by atoms with van der Waals surface area (Å²) in [7, 11) is -2.82. The van der Waals surface area contributed by atoms with E-state index in [1.807, 2.05) is 6.92 Å². The predicted octanol–water partition coefficient (Wildman–Crippen LogP) is 1.18. The van der Waals surface area contributed by atoms with Gasteiger partial charge in [-0.2, -0.15) is 0 Å². The van der Waals surface area contributed by atoms with Crippen LogP contribution in [0.3, 0.4) is 0 Å². The van der Waals surface area contributed by atoms with Crippen molar-refractivity contribution < 1.29 is 13.2 Å². The summed E-state index contributed by atoms with van der Waals surface area (Å²) in [5.41, 5.74) is 0. The van der Waals surface area contributed by atoms with Crippen molar-refractivity contribution in [2.45, 2.75) is 39.5 Å². The molecule has 130 valence electrons. The maximum Gasteiger partial charge on any atom is 0.191 e. The molecule has 0 aromatic heterocycles. The Bertz CT molecular complexity index is 424. The monoisotopic (exact) mass is 333 g/mol. The van der Waals surface area contributed by atoms with Crippen LogP contribution in [0.5, 0.6) is 0 Å². The molecule has 1 aliphatic heterocycles. The highest BCUT2D eigenvalue weighted by molar-refractivity contribution is 7.91. The van der Waals surface area contributed by atoms with Crippen molar-refractivity contribution in [3.05, 3.63) is 0 Å². The number of nitrogens with one attached hydrogen (secondary N) is 2. The fourth-order valence-corrected chi connectivity index (χ4v) is 4.17. The molecule has 0 spiro atoms. The summed E-state index contributed by atoms with van der Waals surface area (Å²) in [6, 6.07) is 0. The van der Waals surface area contributed by atoms with Crippen LogP contribution in [0.4, 0.5) is 0 Å². The first kappa shape index (κ1) is 19.2. The summed E-state index contributed by atoms with van der Waals surface area (Å²) in [5, 5.41) is 6.60. The second-order valence-electron chi connectivity index (χ2n) is 5.72. The van der Waals surface area contributed by atoms with Crippen LogP contribution in [0.25, 0.3) is 0 Å². The van der Waals surface area contributed by atoms with E-state index in [1.54, 1.807) is 0 Å². The van der Waals surface area contributed by atoms with Crippen LogP contribution >= 0.6 is 0 Å². The predicted molar refractivity (Wildman–Crippen MR) is 91.1 cm³/mol. The zero-order valence-corrected chi connectivity index (χ0v) is 14.8. The fourth-order valence-electron chi connectivity index (χ4n) is 2.32. The van der Waals surface area contributed by atoms with E-state index >= 15 is 0 Å². The van der Waals surface area contributed by atoms with Gasteiger partial charge in [0.15, 0.2) is 15.8 Å². The Kier molecular flexibility index (Phi) is 9.47. The van der Waals surface area contributed by atoms with Crippen LogP contribution in [0.15, 0.2) is 4.99 Å². The highest BCUT2D eigenvalue weighted by atomic mass is 32.2. The van der Waals surface area contributed by atoms with E-state index < -0.39 is 9.84 Å². The van der Waals surface area contributed by atoms with E-state index in [4.69, 9.17) is 4.74 Å². The van der Waals surface area contributed by atoms with Gasteiger partial charge in [-0.1, -0.05) is 13.3 Å². The van der Waals surface area contributed by atoms with Gasteiger partial charge in [0.2, 0.25) is 0 Å². The molecule has 7 heteroatoms. The largest absolute Gasteiger partial charge is 0.382 e. The standard InChI is InChI=1S/C15H31N3O3S/c1-3-5-8-16-15(17-9-6-10-21-4-2)18-12-14-7-11-22(19,20)13-14/h14H,3-13H2,1-2H3,(H2,16,17,18). The Morgan fingerprint density at radius 1 is 1.23 bits per heavy atom. The van der Waals surface area contributed by atoms with E-state index in [9.17, 15) is 8.42 Å². The molecule has 6 nitrogen and oxygen atoms in total. The molecule has 0 radical (unpaired) electrons. The van der Waals surface area contributed by atoms with E-state index in [-0.39, 0.29) is 11.7 Å². The van der Waals surface area contributed by atoms with Gasteiger partial charge in [0, 0.05) is 32.8 Å². The van der Waals surface area contributed by atoms with Crippen LogP contribution in [-0.2, 0) is 14.6 Å². The van der Waals surface area contributed by atoms with Crippen molar-refractivity contribution in [3.8, 4) is 0 Å². The Morgan fingerprint density at radius 3 is 2.55 bits per heavy atom. The first-order valence-corrected chi connectivity index (χ1v) is 10.2. The molecular formula is C15H31N3O3S. The molecule has 0 aromatic carbocycles. The second kappa shape index (κ2) is 10.8. The minimum absolute atomic E-state index is 0.165. The average molecular weight is 333 g/mol. The van der Waals surface area contributed by atoms with E-state index in [1.165, 1.54) is 0 Å². The number of hydrogen-bond donors (Lipinski definition) is 2. The Balaban J connectivity index is 2.36. The molecule has 1 unspecified atom stereocenters. The normalized spacial score (nSPS) is 21.0. The molecule has 0 saturated carbocycles. The van der Waals surface area contributed by atoms with Crippen molar-refractivity contribution >= 4 is 15.8 Å². The molecular weight excluding hydrogens is 302 g/mol. The third-order valence-electron chi connectivity index (χ3n) is 3.62. The van der Waals surface area contributed by atoms with Crippen LogP contribution < -0.4 is 10.6 Å². The Hall–Kier alpha value is -0.820. The number of ether oxygens (including phenoxy) is 1. The minimum Gasteiger partial charge on any atom is -0.382 e. The molecule has 1 heterocycles. The number of nitrogens with zero attached hydrogens (tertiary/aromatic N) is 1. The van der Waals surface area contributed by atoms with Gasteiger partial charge in [0.25, 0.3) is 0 Å². The third kappa shape index (κ3) is 8.58. The van der Waals surface area contributed by atoms with Crippen molar-refractivity contribution in [1.29, 1.82) is 0 Å². The lowest BCUT2D eigenvalue weighted by atomic mass is 10.1. The minimum atomic E-state index is -2.82. The lowest BCUT2D eigenvalue weighted by Crippen LogP contribution is -2.39. The molecule has 1 fully saturated rings. The van der Waals surface area contributed by atoms with Crippen molar-refractivity contribution in [3.63, 3.8) is 0 Å². The SMILES string of the molecule is CCCCNC(=NCC1CCS(=O)(=O)C1)NCCCOCC. The van der Waals surface area contributed by atoms with Crippen LogP contribution in [-0.4, -0.2) is 58.7 Å². The number of sulfone groups is 1. The molecule has 0 aliphatic carbocycles. The number of rotatable bonds is 10. The fraction of sp³-hybridized carbons (Fsp3) is 0.933. The van der Waals surface area contributed by atoms with Gasteiger partial charge in [-0.15, -0.1) is 0 Å². The Morgan fingerprint density at radius 2 is 1.95 bits per heavy atom. The highest BCUT2D eigenvalue weighted by Gasteiger charge is 2.27. The van der Waals surface area contributed by atoms with Gasteiger partial charge >= 0.3 is 0 Å². The highest BCUT2D eigenvalue weighted by Crippen LogP contribution is 2.18. The summed E-state index contributed by atoms with van der Waals surface area (Å²) >= 11 is 0. The third-order valence-corrected chi connectivity index (χ3v) is 5.46. The smallest absolute Gasteiger partial charge is 0.191 e. The van der Waals surface area contributed by atoms with Crippen molar-refractivity contribution in [2.75, 3.05) is 44.4 Å². The molecule has 0 amide bonds. The summed E-state index contributed by atoms with van der Waals surface area (Å²) in [4.78, 5) is 4.55. The van der Waals surface area contributed by atoms with Crippen LogP contribution in [0.1, 0.15) is 39.5 Å². The van der Waals surface area contributed by atoms with Gasteiger partial charge in [-0.25, -0.2) is 8.42 Å². The summed E-state index contributed by atoms with van der Waals surface area (Å²) in [5.74, 6) is 1.55. The topological polar surface area (TPSA) is 79.8 Å². The summed E-state index contributed by atoms with van der Waals surface area (Å²) in [6.07, 6.45) is 3.89. The van der Waals surface area contributed by atoms with Gasteiger partial charge in [-0.3, -0.25) is 4.99 Å². The first-order valence-electron chi connectivity index (χ1n) is 8.37. The molecule has 2 N–H and O–H groups in total. The Labute approximate surface area is 135 Å². The average Bonchev–Trinajstić information content (AvgIpc) is 2.83. The number of guanidine groups is 1. The molecule has 1 saturated heterocycles. The lowest BCUT2D eigenvalue weighted by molar-refractivity contribution is 0.145. The quantitative estimate of drug-likeness (QED) is 0.356. The van der Waals surface area contributed by atoms with E-state index in [0.29, 0.717) is 12.3 Å². The van der Waals surface area contributed by atoms with Crippen LogP contribution in [0, 0.1) is 5.92 Å². The van der Waals surface area contributed by atoms with E-state index in [2.05, 4.69) is 22.5 Å². The summed E-state index contributed by atoms with van der Waals surface area (Å²) < 4.78 is 28.3. The van der Waals surface area contributed by atoms with Gasteiger partial charge in [0.05, 0.1) is 11.5 Å². The number of unbranched alkanes of at least 4 members (excludes halogenated alkanes) is 1.